The third-order valence-corrected chi connectivity index (χ3v) is 4.84. The van der Waals surface area contributed by atoms with Crippen LogP contribution < -0.4 is 5.32 Å². The van der Waals surface area contributed by atoms with Crippen molar-refractivity contribution in [1.29, 1.82) is 0 Å². The first kappa shape index (κ1) is 15.0. The molecule has 2 saturated heterocycles. The van der Waals surface area contributed by atoms with E-state index in [0.29, 0.717) is 12.1 Å². The maximum Gasteiger partial charge on any atom is 0.0393 e. The minimum absolute atomic E-state index is 0.579. The molecule has 0 amide bonds. The lowest BCUT2D eigenvalue weighted by atomic mass is 10.00. The molecule has 21 heavy (non-hydrogen) atoms. The first-order valence-electron chi connectivity index (χ1n) is 8.11. The Morgan fingerprint density at radius 3 is 2.52 bits per heavy atom. The monoisotopic (exact) mass is 288 g/mol. The molecule has 0 spiro atoms. The van der Waals surface area contributed by atoms with E-state index in [4.69, 9.17) is 0 Å². The lowest BCUT2D eigenvalue weighted by Gasteiger charge is -2.46. The van der Waals surface area contributed by atoms with Gasteiger partial charge in [0, 0.05) is 57.9 Å². The van der Waals surface area contributed by atoms with Crippen LogP contribution in [0.15, 0.2) is 30.3 Å². The fraction of sp³-hybridized carbons (Fsp3) is 0.647. The Morgan fingerprint density at radius 2 is 1.76 bits per heavy atom. The van der Waals surface area contributed by atoms with E-state index >= 15 is 0 Å². The summed E-state index contributed by atoms with van der Waals surface area (Å²) < 4.78 is 0. The van der Waals surface area contributed by atoms with Crippen molar-refractivity contribution in [2.45, 2.75) is 18.6 Å². The number of nitrogens with zero attached hydrogens (tertiary/aromatic N) is 3. The van der Waals surface area contributed by atoms with Crippen LogP contribution in [0.4, 0.5) is 0 Å². The summed E-state index contributed by atoms with van der Waals surface area (Å²) in [5.74, 6) is 0. The van der Waals surface area contributed by atoms with Crippen LogP contribution in [0, 0.1) is 0 Å². The molecule has 2 unspecified atom stereocenters. The van der Waals surface area contributed by atoms with Gasteiger partial charge in [-0.05, 0) is 19.7 Å². The highest BCUT2D eigenvalue weighted by molar-refractivity contribution is 5.15. The van der Waals surface area contributed by atoms with Crippen LogP contribution in [-0.2, 0) is 6.54 Å². The van der Waals surface area contributed by atoms with Gasteiger partial charge in [0.1, 0.15) is 0 Å². The van der Waals surface area contributed by atoms with Crippen molar-refractivity contribution in [3.63, 3.8) is 0 Å². The molecular weight excluding hydrogens is 260 g/mol. The third-order valence-electron chi connectivity index (χ3n) is 4.84. The van der Waals surface area contributed by atoms with E-state index in [1.165, 1.54) is 18.7 Å². The second-order valence-corrected chi connectivity index (χ2v) is 6.61. The van der Waals surface area contributed by atoms with Crippen LogP contribution in [-0.4, -0.2) is 80.1 Å². The smallest absolute Gasteiger partial charge is 0.0393 e. The molecule has 2 aliphatic rings. The summed E-state index contributed by atoms with van der Waals surface area (Å²) in [4.78, 5) is 7.60. The average Bonchev–Trinajstić information content (AvgIpc) is 2.50. The molecule has 0 radical (unpaired) electrons. The highest BCUT2D eigenvalue weighted by Crippen LogP contribution is 2.17. The molecule has 1 N–H and O–H groups in total. The first-order chi connectivity index (χ1) is 10.2. The Morgan fingerprint density at radius 1 is 1.00 bits per heavy atom. The van der Waals surface area contributed by atoms with Crippen LogP contribution in [0.25, 0.3) is 0 Å². The molecule has 4 nitrogen and oxygen atoms in total. The highest BCUT2D eigenvalue weighted by atomic mass is 15.3. The molecule has 0 aromatic heterocycles. The van der Waals surface area contributed by atoms with Crippen molar-refractivity contribution in [3.8, 4) is 0 Å². The molecule has 2 atom stereocenters. The molecular formula is C17H28N4. The van der Waals surface area contributed by atoms with Gasteiger partial charge in [-0.15, -0.1) is 0 Å². The third kappa shape index (κ3) is 3.83. The lowest BCUT2D eigenvalue weighted by Crippen LogP contribution is -2.64. The van der Waals surface area contributed by atoms with Gasteiger partial charge in [0.05, 0.1) is 0 Å². The Bertz CT molecular complexity index is 436. The molecule has 2 aliphatic heterocycles. The van der Waals surface area contributed by atoms with E-state index < -0.39 is 0 Å². The van der Waals surface area contributed by atoms with Crippen molar-refractivity contribution < 1.29 is 0 Å². The van der Waals surface area contributed by atoms with Crippen LogP contribution in [0.5, 0.6) is 0 Å². The predicted molar refractivity (Wildman–Crippen MR) is 87.4 cm³/mol. The highest BCUT2D eigenvalue weighted by Gasteiger charge is 2.33. The number of nitrogens with one attached hydrogen (secondary N) is 1. The molecule has 3 rings (SSSR count). The zero-order valence-electron chi connectivity index (χ0n) is 13.3. The van der Waals surface area contributed by atoms with Crippen molar-refractivity contribution >= 4 is 0 Å². The minimum Gasteiger partial charge on any atom is -0.310 e. The maximum absolute atomic E-state index is 3.75. The summed E-state index contributed by atoms with van der Waals surface area (Å²) in [5.41, 5.74) is 1.43. The molecule has 116 valence electrons. The zero-order chi connectivity index (χ0) is 14.7. The van der Waals surface area contributed by atoms with E-state index in [9.17, 15) is 0 Å². The molecule has 1 aromatic rings. The lowest BCUT2D eigenvalue weighted by molar-refractivity contribution is 0.0427. The van der Waals surface area contributed by atoms with E-state index in [2.05, 4.69) is 64.4 Å². The zero-order valence-corrected chi connectivity index (χ0v) is 13.3. The number of likely N-dealkylation sites (N-methyl/N-ethyl adjacent to an activating group) is 2. The summed E-state index contributed by atoms with van der Waals surface area (Å²) in [6.07, 6.45) is 0. The van der Waals surface area contributed by atoms with Crippen molar-refractivity contribution in [2.75, 3.05) is 53.4 Å². The summed E-state index contributed by atoms with van der Waals surface area (Å²) >= 11 is 0. The normalized spacial score (nSPS) is 29.6. The van der Waals surface area contributed by atoms with Gasteiger partial charge in [0.25, 0.3) is 0 Å². The Hall–Kier alpha value is -0.940. The molecule has 2 heterocycles. The van der Waals surface area contributed by atoms with Crippen LogP contribution in [0.3, 0.4) is 0 Å². The molecule has 0 aliphatic carbocycles. The second-order valence-electron chi connectivity index (χ2n) is 6.61. The van der Waals surface area contributed by atoms with Gasteiger partial charge in [-0.25, -0.2) is 0 Å². The fourth-order valence-electron chi connectivity index (χ4n) is 3.58. The summed E-state index contributed by atoms with van der Waals surface area (Å²) in [6.45, 7) is 8.01. The van der Waals surface area contributed by atoms with Gasteiger partial charge >= 0.3 is 0 Å². The average molecular weight is 288 g/mol. The van der Waals surface area contributed by atoms with Gasteiger partial charge in [0.2, 0.25) is 0 Å². The standard InChI is InChI=1S/C17H28N4/c1-19-9-8-18-16(13-19)17-14-20(2)10-11-21(17)12-15-6-4-3-5-7-15/h3-7,16-18H,8-14H2,1-2H3. The fourth-order valence-corrected chi connectivity index (χ4v) is 3.58. The molecule has 2 fully saturated rings. The number of hydrogen-bond acceptors (Lipinski definition) is 4. The Kier molecular flexibility index (Phi) is 4.91. The summed E-state index contributed by atoms with van der Waals surface area (Å²) in [6, 6.07) is 12.1. The van der Waals surface area contributed by atoms with Crippen LogP contribution in [0.1, 0.15) is 5.56 Å². The van der Waals surface area contributed by atoms with Gasteiger partial charge in [-0.1, -0.05) is 30.3 Å². The van der Waals surface area contributed by atoms with Gasteiger partial charge in [-0.3, -0.25) is 4.90 Å². The summed E-state index contributed by atoms with van der Waals surface area (Å²) in [7, 11) is 4.49. The van der Waals surface area contributed by atoms with Gasteiger partial charge < -0.3 is 15.1 Å². The number of hydrogen-bond donors (Lipinski definition) is 1. The van der Waals surface area contributed by atoms with Crippen LogP contribution in [0.2, 0.25) is 0 Å². The predicted octanol–water partition coefficient (Wildman–Crippen LogP) is 0.706. The first-order valence-corrected chi connectivity index (χ1v) is 8.11. The molecule has 1 aromatic carbocycles. The molecule has 0 saturated carbocycles. The van der Waals surface area contributed by atoms with E-state index in [1.54, 1.807) is 0 Å². The Balaban J connectivity index is 1.70. The van der Waals surface area contributed by atoms with E-state index in [1.807, 2.05) is 0 Å². The largest absolute Gasteiger partial charge is 0.310 e. The van der Waals surface area contributed by atoms with Crippen molar-refractivity contribution in [1.82, 2.24) is 20.0 Å². The molecule has 0 bridgehead atoms. The molecule has 4 heteroatoms. The van der Waals surface area contributed by atoms with Crippen molar-refractivity contribution in [3.05, 3.63) is 35.9 Å². The quantitative estimate of drug-likeness (QED) is 0.884. The van der Waals surface area contributed by atoms with E-state index in [-0.39, 0.29) is 0 Å². The summed E-state index contributed by atoms with van der Waals surface area (Å²) in [5, 5.41) is 3.75. The number of piperazine rings is 2. The SMILES string of the molecule is CN1CCNC(C2CN(C)CCN2Cc2ccccc2)C1. The Labute approximate surface area is 128 Å². The maximum atomic E-state index is 3.75. The van der Waals surface area contributed by atoms with Crippen LogP contribution >= 0.6 is 0 Å². The van der Waals surface area contributed by atoms with Crippen molar-refractivity contribution in [2.24, 2.45) is 0 Å². The van der Waals surface area contributed by atoms with Gasteiger partial charge in [-0.2, -0.15) is 0 Å². The number of rotatable bonds is 3. The van der Waals surface area contributed by atoms with Gasteiger partial charge in [0.15, 0.2) is 0 Å². The topological polar surface area (TPSA) is 21.8 Å². The minimum atomic E-state index is 0.579. The van der Waals surface area contributed by atoms with E-state index in [0.717, 1.165) is 32.7 Å². The number of benzene rings is 1. The second kappa shape index (κ2) is 6.88.